The Kier molecular flexibility index (Phi) is 4.39. The fourth-order valence-electron chi connectivity index (χ4n) is 2.34. The first-order valence-electron chi connectivity index (χ1n) is 6.45. The number of aromatic hydroxyl groups is 1. The number of carbonyl (C=O) groups excluding carboxylic acids is 1. The van der Waals surface area contributed by atoms with Gasteiger partial charge in [-0.3, -0.25) is 4.79 Å². The Balaban J connectivity index is 2.02. The summed E-state index contributed by atoms with van der Waals surface area (Å²) in [5.41, 5.74) is 7.74. The molecule has 0 aromatic heterocycles. The van der Waals surface area contributed by atoms with Crippen molar-refractivity contribution >= 4 is 5.91 Å². The molecule has 1 atom stereocenters. The van der Waals surface area contributed by atoms with Crippen LogP contribution in [0.4, 0.5) is 0 Å². The zero-order valence-corrected chi connectivity index (χ0v) is 11.1. The minimum absolute atomic E-state index is 0.0475. The van der Waals surface area contributed by atoms with E-state index < -0.39 is 0 Å². The molecule has 3 N–H and O–H groups in total. The molecule has 0 spiro atoms. The van der Waals surface area contributed by atoms with E-state index in [1.807, 2.05) is 6.07 Å². The molecule has 2 rings (SSSR count). The van der Waals surface area contributed by atoms with Crippen molar-refractivity contribution in [1.82, 2.24) is 4.90 Å². The lowest BCUT2D eigenvalue weighted by atomic mass is 9.99. The van der Waals surface area contributed by atoms with Gasteiger partial charge in [-0.05, 0) is 29.7 Å². The lowest BCUT2D eigenvalue weighted by molar-refractivity contribution is -0.134. The molecule has 104 valence electrons. The second-order valence-corrected chi connectivity index (χ2v) is 4.82. The number of methoxy groups -OCH3 is 1. The second-order valence-electron chi connectivity index (χ2n) is 4.82. The Bertz CT molecular complexity index is 458. The summed E-state index contributed by atoms with van der Waals surface area (Å²) in [6.07, 6.45) is 0.904. The number of amides is 1. The van der Waals surface area contributed by atoms with Crippen LogP contribution in [0.5, 0.6) is 5.75 Å². The summed E-state index contributed by atoms with van der Waals surface area (Å²) in [6, 6.07) is 5.33. The number of hydrogen-bond donors (Lipinski definition) is 2. The highest BCUT2D eigenvalue weighted by Gasteiger charge is 2.23. The van der Waals surface area contributed by atoms with Crippen molar-refractivity contribution in [1.29, 1.82) is 0 Å². The number of rotatable bonds is 4. The monoisotopic (exact) mass is 264 g/mol. The number of hydrogen-bond acceptors (Lipinski definition) is 4. The van der Waals surface area contributed by atoms with Crippen molar-refractivity contribution in [2.45, 2.75) is 25.5 Å². The maximum Gasteiger partial charge on any atom is 0.225 e. The quantitative estimate of drug-likeness (QED) is 0.837. The van der Waals surface area contributed by atoms with Gasteiger partial charge in [0.25, 0.3) is 0 Å². The maximum atomic E-state index is 12.1. The third kappa shape index (κ3) is 3.24. The van der Waals surface area contributed by atoms with E-state index in [9.17, 15) is 9.90 Å². The van der Waals surface area contributed by atoms with E-state index in [4.69, 9.17) is 10.5 Å². The molecule has 1 aliphatic heterocycles. The molecule has 19 heavy (non-hydrogen) atoms. The zero-order chi connectivity index (χ0) is 13.8. The van der Waals surface area contributed by atoms with Crippen LogP contribution >= 0.6 is 0 Å². The minimum Gasteiger partial charge on any atom is -0.508 e. The lowest BCUT2D eigenvalue weighted by Gasteiger charge is -2.30. The molecule has 0 fully saturated rings. The maximum absolute atomic E-state index is 12.1. The first-order chi connectivity index (χ1) is 9.13. The van der Waals surface area contributed by atoms with Gasteiger partial charge in [0.15, 0.2) is 0 Å². The van der Waals surface area contributed by atoms with Crippen molar-refractivity contribution in [2.75, 3.05) is 20.2 Å². The van der Waals surface area contributed by atoms with Gasteiger partial charge in [0.2, 0.25) is 5.91 Å². The van der Waals surface area contributed by atoms with Gasteiger partial charge in [0.1, 0.15) is 5.75 Å². The van der Waals surface area contributed by atoms with Gasteiger partial charge in [-0.15, -0.1) is 0 Å². The third-order valence-electron chi connectivity index (χ3n) is 3.55. The molecular weight excluding hydrogens is 244 g/mol. The molecule has 1 aromatic carbocycles. The van der Waals surface area contributed by atoms with Gasteiger partial charge in [-0.25, -0.2) is 0 Å². The van der Waals surface area contributed by atoms with E-state index in [2.05, 4.69) is 0 Å². The number of nitrogens with zero attached hydrogens (tertiary/aromatic N) is 1. The first kappa shape index (κ1) is 13.8. The summed E-state index contributed by atoms with van der Waals surface area (Å²) in [5.74, 6) is 0.288. The Morgan fingerprint density at radius 1 is 1.53 bits per heavy atom. The highest BCUT2D eigenvalue weighted by atomic mass is 16.5. The fourth-order valence-corrected chi connectivity index (χ4v) is 2.34. The SMILES string of the molecule is COC(CN)CC(=O)N1CCc2ccc(O)cc2C1. The lowest BCUT2D eigenvalue weighted by Crippen LogP contribution is -2.39. The highest BCUT2D eigenvalue weighted by molar-refractivity contribution is 5.77. The van der Waals surface area contributed by atoms with Gasteiger partial charge in [-0.2, -0.15) is 0 Å². The van der Waals surface area contributed by atoms with Gasteiger partial charge < -0.3 is 20.5 Å². The largest absolute Gasteiger partial charge is 0.508 e. The molecule has 1 amide bonds. The number of benzene rings is 1. The van der Waals surface area contributed by atoms with Crippen LogP contribution in [0.1, 0.15) is 17.5 Å². The summed E-state index contributed by atoms with van der Waals surface area (Å²) in [6.45, 7) is 1.59. The normalized spacial score (nSPS) is 16.0. The summed E-state index contributed by atoms with van der Waals surface area (Å²) in [5, 5.41) is 9.49. The average molecular weight is 264 g/mol. The van der Waals surface area contributed by atoms with Crippen LogP contribution in [0.15, 0.2) is 18.2 Å². The number of nitrogens with two attached hydrogens (primary N) is 1. The van der Waals surface area contributed by atoms with E-state index in [-0.39, 0.29) is 17.8 Å². The van der Waals surface area contributed by atoms with Crippen molar-refractivity contribution in [3.8, 4) is 5.75 Å². The molecule has 0 saturated heterocycles. The number of phenols is 1. The van der Waals surface area contributed by atoms with Crippen molar-refractivity contribution in [3.05, 3.63) is 29.3 Å². The fraction of sp³-hybridized carbons (Fsp3) is 0.500. The van der Waals surface area contributed by atoms with Gasteiger partial charge in [0.05, 0.1) is 12.5 Å². The summed E-state index contributed by atoms with van der Waals surface area (Å²) in [7, 11) is 1.56. The standard InChI is InChI=1S/C14H20N2O3/c1-19-13(8-15)7-14(18)16-5-4-10-2-3-12(17)6-11(10)9-16/h2-3,6,13,17H,4-5,7-9,15H2,1H3. The second kappa shape index (κ2) is 6.04. The molecule has 1 heterocycles. The average Bonchev–Trinajstić information content (AvgIpc) is 2.43. The van der Waals surface area contributed by atoms with Crippen LogP contribution in [0, 0.1) is 0 Å². The molecule has 0 saturated carbocycles. The van der Waals surface area contributed by atoms with Gasteiger partial charge in [-0.1, -0.05) is 6.07 Å². The van der Waals surface area contributed by atoms with Crippen molar-refractivity contribution in [2.24, 2.45) is 5.73 Å². The van der Waals surface area contributed by atoms with Crippen LogP contribution in [0.2, 0.25) is 0 Å². The molecular formula is C14H20N2O3. The molecule has 1 unspecified atom stereocenters. The van der Waals surface area contributed by atoms with E-state index >= 15 is 0 Å². The van der Waals surface area contributed by atoms with E-state index in [0.29, 0.717) is 26.1 Å². The predicted octanol–water partition coefficient (Wildman–Crippen LogP) is 0.641. The Hall–Kier alpha value is -1.59. The van der Waals surface area contributed by atoms with E-state index in [0.717, 1.165) is 12.0 Å². The first-order valence-corrected chi connectivity index (χ1v) is 6.45. The van der Waals surface area contributed by atoms with Crippen LogP contribution in [-0.4, -0.2) is 42.2 Å². The number of carbonyl (C=O) groups is 1. The molecule has 5 heteroatoms. The Morgan fingerprint density at radius 2 is 2.32 bits per heavy atom. The third-order valence-corrected chi connectivity index (χ3v) is 3.55. The summed E-state index contributed by atoms with van der Waals surface area (Å²) in [4.78, 5) is 13.9. The summed E-state index contributed by atoms with van der Waals surface area (Å²) < 4.78 is 5.14. The van der Waals surface area contributed by atoms with E-state index in [1.54, 1.807) is 24.1 Å². The Morgan fingerprint density at radius 3 is 3.00 bits per heavy atom. The van der Waals surface area contributed by atoms with Gasteiger partial charge >= 0.3 is 0 Å². The van der Waals surface area contributed by atoms with E-state index in [1.165, 1.54) is 5.56 Å². The summed E-state index contributed by atoms with van der Waals surface area (Å²) >= 11 is 0. The zero-order valence-electron chi connectivity index (χ0n) is 11.1. The molecule has 1 aliphatic rings. The van der Waals surface area contributed by atoms with Gasteiger partial charge in [0, 0.05) is 26.7 Å². The highest BCUT2D eigenvalue weighted by Crippen LogP contribution is 2.23. The topological polar surface area (TPSA) is 75.8 Å². The Labute approximate surface area is 113 Å². The van der Waals surface area contributed by atoms with Crippen LogP contribution in [0.25, 0.3) is 0 Å². The van der Waals surface area contributed by atoms with Crippen molar-refractivity contribution in [3.63, 3.8) is 0 Å². The predicted molar refractivity (Wildman–Crippen MR) is 71.7 cm³/mol. The van der Waals surface area contributed by atoms with Crippen LogP contribution < -0.4 is 5.73 Å². The minimum atomic E-state index is -0.224. The molecule has 0 aliphatic carbocycles. The molecule has 0 radical (unpaired) electrons. The van der Waals surface area contributed by atoms with Crippen LogP contribution in [-0.2, 0) is 22.5 Å². The number of fused-ring (bicyclic) bond motifs is 1. The molecule has 5 nitrogen and oxygen atoms in total. The van der Waals surface area contributed by atoms with Crippen molar-refractivity contribution < 1.29 is 14.6 Å². The molecule has 1 aromatic rings. The number of ether oxygens (including phenoxy) is 1. The van der Waals surface area contributed by atoms with Crippen LogP contribution in [0.3, 0.4) is 0 Å². The smallest absolute Gasteiger partial charge is 0.225 e. The number of phenolic OH excluding ortho intramolecular Hbond substituents is 1. The molecule has 0 bridgehead atoms.